The van der Waals surface area contributed by atoms with Crippen LogP contribution >= 0.6 is 0 Å². The Balaban J connectivity index is 2.25. The topological polar surface area (TPSA) is 32.3 Å². The van der Waals surface area contributed by atoms with Crippen molar-refractivity contribution in [3.8, 4) is 0 Å². The molecule has 1 heterocycles. The van der Waals surface area contributed by atoms with E-state index in [1.54, 1.807) is 5.01 Å². The minimum Gasteiger partial charge on any atom is -0.303 e. The van der Waals surface area contributed by atoms with Crippen molar-refractivity contribution in [2.24, 2.45) is 0 Å². The summed E-state index contributed by atoms with van der Waals surface area (Å²) in [6, 6.07) is 11.9. The zero-order valence-corrected chi connectivity index (χ0v) is 9.31. The molecule has 0 aliphatic carbocycles. The number of hydrazine groups is 1. The Labute approximate surface area is 99.3 Å². The van der Waals surface area contributed by atoms with Gasteiger partial charge < -0.3 is 5.43 Å². The van der Waals surface area contributed by atoms with Crippen LogP contribution in [0.25, 0.3) is 10.8 Å². The average molecular weight is 224 g/mol. The maximum Gasteiger partial charge on any atom is 0.273 e. The summed E-state index contributed by atoms with van der Waals surface area (Å²) in [5.41, 5.74) is 4.77. The summed E-state index contributed by atoms with van der Waals surface area (Å²) in [6.45, 7) is 4.16. The number of amides is 1. The van der Waals surface area contributed by atoms with Gasteiger partial charge in [-0.1, -0.05) is 36.9 Å². The van der Waals surface area contributed by atoms with Gasteiger partial charge in [0.15, 0.2) is 0 Å². The van der Waals surface area contributed by atoms with E-state index < -0.39 is 0 Å². The summed E-state index contributed by atoms with van der Waals surface area (Å²) in [5.74, 6) is -0.00537. The van der Waals surface area contributed by atoms with E-state index >= 15 is 0 Å². The molecule has 0 atom stereocenters. The van der Waals surface area contributed by atoms with Crippen molar-refractivity contribution in [1.29, 1.82) is 0 Å². The third-order valence-corrected chi connectivity index (χ3v) is 3.04. The van der Waals surface area contributed by atoms with E-state index in [-0.39, 0.29) is 5.91 Å². The van der Waals surface area contributed by atoms with Gasteiger partial charge in [-0.25, -0.2) is 5.01 Å². The molecule has 2 aromatic rings. The Bertz CT molecular complexity index is 613. The van der Waals surface area contributed by atoms with Gasteiger partial charge in [-0.15, -0.1) is 0 Å². The molecule has 0 radical (unpaired) electrons. The van der Waals surface area contributed by atoms with E-state index in [4.69, 9.17) is 0 Å². The van der Waals surface area contributed by atoms with Crippen LogP contribution in [-0.2, 0) is 6.54 Å². The van der Waals surface area contributed by atoms with Crippen molar-refractivity contribution in [3.63, 3.8) is 0 Å². The molecule has 17 heavy (non-hydrogen) atoms. The van der Waals surface area contributed by atoms with Crippen molar-refractivity contribution in [1.82, 2.24) is 10.4 Å². The lowest BCUT2D eigenvalue weighted by Gasteiger charge is -2.28. The van der Waals surface area contributed by atoms with Gasteiger partial charge in [0, 0.05) is 11.8 Å². The Hall–Kier alpha value is -2.29. The molecule has 3 heteroatoms. The van der Waals surface area contributed by atoms with Gasteiger partial charge in [0.25, 0.3) is 5.91 Å². The van der Waals surface area contributed by atoms with Crippen molar-refractivity contribution in [2.45, 2.75) is 6.54 Å². The molecule has 0 saturated heterocycles. The summed E-state index contributed by atoms with van der Waals surface area (Å²) >= 11 is 0. The first-order chi connectivity index (χ1) is 8.31. The van der Waals surface area contributed by atoms with E-state index in [2.05, 4.69) is 18.1 Å². The van der Waals surface area contributed by atoms with Gasteiger partial charge in [0.05, 0.1) is 6.54 Å². The Morgan fingerprint density at radius 1 is 1.24 bits per heavy atom. The highest BCUT2D eigenvalue weighted by molar-refractivity contribution is 6.09. The molecule has 84 valence electrons. The monoisotopic (exact) mass is 224 g/mol. The number of benzene rings is 2. The first-order valence-electron chi connectivity index (χ1n) is 5.51. The maximum atomic E-state index is 12.2. The van der Waals surface area contributed by atoms with Crippen molar-refractivity contribution in [2.75, 3.05) is 0 Å². The Morgan fingerprint density at radius 3 is 2.76 bits per heavy atom. The van der Waals surface area contributed by atoms with E-state index in [0.29, 0.717) is 6.54 Å². The highest BCUT2D eigenvalue weighted by Crippen LogP contribution is 2.28. The second kappa shape index (κ2) is 3.63. The number of hydrogen-bond donors (Lipinski definition) is 1. The van der Waals surface area contributed by atoms with Crippen LogP contribution < -0.4 is 5.43 Å². The smallest absolute Gasteiger partial charge is 0.273 e. The number of carbonyl (C=O) groups excluding carboxylic acids is 1. The fourth-order valence-electron chi connectivity index (χ4n) is 2.33. The summed E-state index contributed by atoms with van der Waals surface area (Å²) in [5, 5.41) is 3.76. The van der Waals surface area contributed by atoms with Crippen LogP contribution in [0.1, 0.15) is 15.9 Å². The van der Waals surface area contributed by atoms with Gasteiger partial charge in [-0.3, -0.25) is 4.79 Å². The van der Waals surface area contributed by atoms with Gasteiger partial charge in [0.1, 0.15) is 0 Å². The Morgan fingerprint density at radius 2 is 2.00 bits per heavy atom. The van der Waals surface area contributed by atoms with Crippen molar-refractivity contribution >= 4 is 16.7 Å². The second-order valence-corrected chi connectivity index (χ2v) is 4.05. The number of nitrogens with zero attached hydrogens (tertiary/aromatic N) is 1. The van der Waals surface area contributed by atoms with Gasteiger partial charge in [0.2, 0.25) is 0 Å². The van der Waals surface area contributed by atoms with Crippen LogP contribution in [0.5, 0.6) is 0 Å². The maximum absolute atomic E-state index is 12.2. The fraction of sp³-hybridized carbons (Fsp3) is 0.0714. The molecule has 0 aromatic heterocycles. The van der Waals surface area contributed by atoms with Crippen LogP contribution in [0.15, 0.2) is 49.2 Å². The summed E-state index contributed by atoms with van der Waals surface area (Å²) < 4.78 is 0. The number of carbonyl (C=O) groups is 1. The zero-order valence-electron chi connectivity index (χ0n) is 9.31. The zero-order chi connectivity index (χ0) is 11.8. The normalized spacial score (nSPS) is 13.9. The van der Waals surface area contributed by atoms with Crippen LogP contribution in [0.4, 0.5) is 0 Å². The van der Waals surface area contributed by atoms with E-state index in [1.807, 2.05) is 30.3 Å². The Kier molecular flexibility index (Phi) is 2.11. The number of rotatable bonds is 2. The van der Waals surface area contributed by atoms with Crippen LogP contribution in [0.3, 0.4) is 0 Å². The second-order valence-electron chi connectivity index (χ2n) is 4.05. The molecule has 1 N–H and O–H groups in total. The predicted molar refractivity (Wildman–Crippen MR) is 67.2 cm³/mol. The van der Waals surface area contributed by atoms with Crippen molar-refractivity contribution < 1.29 is 4.79 Å². The van der Waals surface area contributed by atoms with E-state index in [0.717, 1.165) is 21.9 Å². The molecule has 1 aliphatic rings. The van der Waals surface area contributed by atoms with E-state index in [9.17, 15) is 4.79 Å². The molecule has 1 amide bonds. The number of nitrogens with one attached hydrogen (secondary N) is 1. The first-order valence-corrected chi connectivity index (χ1v) is 5.51. The molecule has 0 fully saturated rings. The average Bonchev–Trinajstić information content (AvgIpc) is 2.36. The first kappa shape index (κ1) is 9.90. The van der Waals surface area contributed by atoms with Crippen molar-refractivity contribution in [3.05, 3.63) is 60.3 Å². The number of hydrogen-bond acceptors (Lipinski definition) is 2. The molecule has 0 bridgehead atoms. The summed E-state index contributed by atoms with van der Waals surface area (Å²) in [6.07, 6.45) is 1.52. The minimum absolute atomic E-state index is 0.00537. The summed E-state index contributed by atoms with van der Waals surface area (Å²) in [4.78, 5) is 12.2. The lowest BCUT2D eigenvalue weighted by Crippen LogP contribution is -2.41. The highest BCUT2D eigenvalue weighted by Gasteiger charge is 2.24. The predicted octanol–water partition coefficient (Wildman–Crippen LogP) is 2.44. The van der Waals surface area contributed by atoms with Gasteiger partial charge in [-0.05, 0) is 22.4 Å². The third-order valence-electron chi connectivity index (χ3n) is 3.04. The lowest BCUT2D eigenvalue weighted by molar-refractivity contribution is 0.0674. The third kappa shape index (κ3) is 1.40. The fourth-order valence-corrected chi connectivity index (χ4v) is 2.33. The molecule has 3 rings (SSSR count). The molecular weight excluding hydrogens is 212 g/mol. The SMILES string of the molecule is C=CNN1Cc2cccc3cccc(c23)C1=O. The van der Waals surface area contributed by atoms with Crippen LogP contribution in [0, 0.1) is 0 Å². The molecule has 0 spiro atoms. The molecule has 3 nitrogen and oxygen atoms in total. The minimum atomic E-state index is -0.00537. The molecular formula is C14H12N2O. The quantitative estimate of drug-likeness (QED) is 0.849. The molecule has 0 unspecified atom stereocenters. The molecule has 2 aromatic carbocycles. The molecule has 0 saturated carbocycles. The van der Waals surface area contributed by atoms with Gasteiger partial charge >= 0.3 is 0 Å². The van der Waals surface area contributed by atoms with Gasteiger partial charge in [-0.2, -0.15) is 0 Å². The van der Waals surface area contributed by atoms with Crippen LogP contribution in [0.2, 0.25) is 0 Å². The highest BCUT2D eigenvalue weighted by atomic mass is 16.2. The standard InChI is InChI=1S/C14H12N2O/c1-2-15-16-9-11-7-3-5-10-6-4-8-12(13(10)11)14(16)17/h2-8,15H,1,9H2. The van der Waals surface area contributed by atoms with E-state index in [1.165, 1.54) is 6.20 Å². The summed E-state index contributed by atoms with van der Waals surface area (Å²) in [7, 11) is 0. The molecule has 1 aliphatic heterocycles. The lowest BCUT2D eigenvalue weighted by atomic mass is 9.95. The van der Waals surface area contributed by atoms with Crippen LogP contribution in [-0.4, -0.2) is 10.9 Å². The largest absolute Gasteiger partial charge is 0.303 e.